The summed E-state index contributed by atoms with van der Waals surface area (Å²) in [6.07, 6.45) is 0. The van der Waals surface area contributed by atoms with E-state index in [0.29, 0.717) is 5.82 Å². The first-order valence-corrected chi connectivity index (χ1v) is 2.72. The minimum absolute atomic E-state index is 0.199. The van der Waals surface area contributed by atoms with Crippen LogP contribution in [0.25, 0.3) is 0 Å². The van der Waals surface area contributed by atoms with Crippen molar-refractivity contribution in [2.75, 3.05) is 5.43 Å². The summed E-state index contributed by atoms with van der Waals surface area (Å²) < 4.78 is 0. The van der Waals surface area contributed by atoms with Crippen molar-refractivity contribution in [3.8, 4) is 0 Å². The number of nitrogens with one attached hydrogen (secondary N) is 1. The van der Waals surface area contributed by atoms with Crippen LogP contribution in [0.2, 0.25) is 0 Å². The molecule has 0 aromatic carbocycles. The van der Waals surface area contributed by atoms with Gasteiger partial charge in [0.1, 0.15) is 0 Å². The Morgan fingerprint density at radius 2 is 2.40 bits per heavy atom. The van der Waals surface area contributed by atoms with Crippen molar-refractivity contribution < 1.29 is 4.79 Å². The lowest BCUT2D eigenvalue weighted by molar-refractivity contribution is -0.115. The van der Waals surface area contributed by atoms with E-state index in [0.717, 1.165) is 0 Å². The van der Waals surface area contributed by atoms with E-state index >= 15 is 0 Å². The largest absolute Gasteiger partial charge is 0.274 e. The van der Waals surface area contributed by atoms with Crippen LogP contribution in [0.5, 0.6) is 0 Å². The van der Waals surface area contributed by atoms with Crippen LogP contribution in [0.3, 0.4) is 0 Å². The van der Waals surface area contributed by atoms with Gasteiger partial charge in [-0.2, -0.15) is 0 Å². The number of hydrogen-bond donors (Lipinski definition) is 1. The van der Waals surface area contributed by atoms with Crippen LogP contribution >= 0.6 is 0 Å². The molecule has 0 unspecified atom stereocenters. The molecular weight excluding hydrogens is 134 g/mol. The van der Waals surface area contributed by atoms with E-state index in [4.69, 9.17) is 0 Å². The maximum absolute atomic E-state index is 10.4. The zero-order valence-electron chi connectivity index (χ0n) is 5.70. The summed E-state index contributed by atoms with van der Waals surface area (Å²) in [6.45, 7) is 3.08. The van der Waals surface area contributed by atoms with Crippen molar-refractivity contribution >= 4 is 5.91 Å². The zero-order valence-corrected chi connectivity index (χ0v) is 5.70. The minimum atomic E-state index is -0.199. The zero-order chi connectivity index (χ0) is 7.56. The maximum atomic E-state index is 10.4. The Morgan fingerprint density at radius 3 is 2.80 bits per heavy atom. The Kier molecular flexibility index (Phi) is 1.61. The van der Waals surface area contributed by atoms with Crippen molar-refractivity contribution in [1.82, 2.24) is 20.3 Å². The van der Waals surface area contributed by atoms with Gasteiger partial charge in [-0.3, -0.25) is 4.79 Å². The normalized spacial score (nSPS) is 9.40. The van der Waals surface area contributed by atoms with Crippen LogP contribution < -0.4 is 5.43 Å². The average molecular weight is 141 g/mol. The van der Waals surface area contributed by atoms with Crippen LogP contribution in [0.4, 0.5) is 0 Å². The van der Waals surface area contributed by atoms with Gasteiger partial charge in [0.2, 0.25) is 5.91 Å². The van der Waals surface area contributed by atoms with Gasteiger partial charge >= 0.3 is 0 Å². The number of rotatable bonds is 1. The third-order valence-electron chi connectivity index (χ3n) is 0.889. The van der Waals surface area contributed by atoms with Gasteiger partial charge in [0, 0.05) is 6.92 Å². The van der Waals surface area contributed by atoms with E-state index in [1.165, 1.54) is 11.7 Å². The molecular formula is C4H7N5O. The number of amides is 1. The van der Waals surface area contributed by atoms with Gasteiger partial charge in [0.25, 0.3) is 0 Å². The Hall–Kier alpha value is -1.46. The molecule has 0 fully saturated rings. The monoisotopic (exact) mass is 141 g/mol. The molecule has 1 aromatic rings. The molecule has 6 nitrogen and oxygen atoms in total. The highest BCUT2D eigenvalue weighted by atomic mass is 16.2. The molecule has 0 radical (unpaired) electrons. The summed E-state index contributed by atoms with van der Waals surface area (Å²) in [7, 11) is 0. The predicted molar refractivity (Wildman–Crippen MR) is 32.6 cm³/mol. The highest BCUT2D eigenvalue weighted by Crippen LogP contribution is 1.81. The molecule has 0 spiro atoms. The highest BCUT2D eigenvalue weighted by molar-refractivity contribution is 5.80. The summed E-state index contributed by atoms with van der Waals surface area (Å²) in [6, 6.07) is 0. The highest BCUT2D eigenvalue weighted by Gasteiger charge is 1.98. The van der Waals surface area contributed by atoms with Crippen LogP contribution in [-0.2, 0) is 4.79 Å². The molecule has 0 aliphatic carbocycles. The second-order valence-electron chi connectivity index (χ2n) is 1.81. The van der Waals surface area contributed by atoms with Gasteiger partial charge < -0.3 is 0 Å². The molecule has 1 rings (SSSR count). The van der Waals surface area contributed by atoms with Gasteiger partial charge in [-0.1, -0.05) is 0 Å². The van der Waals surface area contributed by atoms with Crippen LogP contribution in [0, 0.1) is 6.92 Å². The lowest BCUT2D eigenvalue weighted by Crippen LogP contribution is -2.22. The smallest absolute Gasteiger partial charge is 0.237 e. The van der Waals surface area contributed by atoms with Gasteiger partial charge in [0.15, 0.2) is 5.82 Å². The first-order valence-electron chi connectivity index (χ1n) is 2.72. The third-order valence-corrected chi connectivity index (χ3v) is 0.889. The summed E-state index contributed by atoms with van der Waals surface area (Å²) in [4.78, 5) is 11.6. The molecule has 1 aromatic heterocycles. The van der Waals surface area contributed by atoms with Crippen molar-refractivity contribution in [3.05, 3.63) is 5.82 Å². The van der Waals surface area contributed by atoms with E-state index in [1.54, 1.807) is 6.92 Å². The number of hydrogen-bond acceptors (Lipinski definition) is 4. The van der Waals surface area contributed by atoms with Gasteiger partial charge in [0.05, 0.1) is 0 Å². The second-order valence-corrected chi connectivity index (χ2v) is 1.81. The molecule has 1 amide bonds. The first-order chi connectivity index (χ1) is 4.70. The standard InChI is InChI=1S/C4H7N5O/c1-3-5-7-8-9(3)6-4(2)10/h1-2H3,(H,6,10). The predicted octanol–water partition coefficient (Wildman–Crippen LogP) is -0.928. The Balaban J connectivity index is 2.74. The van der Waals surface area contributed by atoms with Crippen molar-refractivity contribution in [3.63, 3.8) is 0 Å². The summed E-state index contributed by atoms with van der Waals surface area (Å²) in [5.41, 5.74) is 2.39. The molecule has 10 heavy (non-hydrogen) atoms. The molecule has 1 heterocycles. The molecule has 0 atom stereocenters. The number of carbonyl (C=O) groups is 1. The summed E-state index contributed by atoms with van der Waals surface area (Å²) in [5.74, 6) is 0.352. The number of carbonyl (C=O) groups excluding carboxylic acids is 1. The minimum Gasteiger partial charge on any atom is -0.274 e. The topological polar surface area (TPSA) is 72.7 Å². The van der Waals surface area contributed by atoms with E-state index in [9.17, 15) is 4.79 Å². The van der Waals surface area contributed by atoms with Crippen molar-refractivity contribution in [2.24, 2.45) is 0 Å². The van der Waals surface area contributed by atoms with E-state index < -0.39 is 0 Å². The summed E-state index contributed by atoms with van der Waals surface area (Å²) in [5, 5.41) is 10.4. The fourth-order valence-electron chi connectivity index (χ4n) is 0.484. The van der Waals surface area contributed by atoms with Gasteiger partial charge in [-0.25, -0.2) is 5.43 Å². The molecule has 0 aliphatic rings. The fourth-order valence-corrected chi connectivity index (χ4v) is 0.484. The van der Waals surface area contributed by atoms with E-state index in [-0.39, 0.29) is 5.91 Å². The van der Waals surface area contributed by atoms with E-state index in [1.807, 2.05) is 0 Å². The molecule has 1 N–H and O–H groups in total. The number of aryl methyl sites for hydroxylation is 1. The summed E-state index contributed by atoms with van der Waals surface area (Å²) >= 11 is 0. The van der Waals surface area contributed by atoms with Crippen LogP contribution in [0.1, 0.15) is 12.7 Å². The van der Waals surface area contributed by atoms with E-state index in [2.05, 4.69) is 21.0 Å². The second kappa shape index (κ2) is 2.42. The average Bonchev–Trinajstić information content (AvgIpc) is 2.15. The number of tetrazole rings is 1. The van der Waals surface area contributed by atoms with Gasteiger partial charge in [-0.15, -0.1) is 9.89 Å². The molecule has 0 bridgehead atoms. The van der Waals surface area contributed by atoms with Crippen molar-refractivity contribution in [2.45, 2.75) is 13.8 Å². The molecule has 0 aliphatic heterocycles. The Labute approximate surface area is 57.2 Å². The van der Waals surface area contributed by atoms with Crippen LogP contribution in [0.15, 0.2) is 0 Å². The Bertz CT molecular complexity index is 242. The third kappa shape index (κ3) is 1.28. The molecule has 0 saturated heterocycles. The molecule has 54 valence electrons. The van der Waals surface area contributed by atoms with Crippen molar-refractivity contribution in [1.29, 1.82) is 0 Å². The maximum Gasteiger partial charge on any atom is 0.237 e. The Morgan fingerprint density at radius 1 is 1.70 bits per heavy atom. The lowest BCUT2D eigenvalue weighted by Gasteiger charge is -1.98. The fraction of sp³-hybridized carbons (Fsp3) is 0.500. The first kappa shape index (κ1) is 6.66. The van der Waals surface area contributed by atoms with Crippen LogP contribution in [-0.4, -0.2) is 26.2 Å². The van der Waals surface area contributed by atoms with Gasteiger partial charge in [-0.05, 0) is 17.4 Å². The number of aromatic nitrogens is 4. The SMILES string of the molecule is CC(=O)Nn1nnnc1C. The molecule has 0 saturated carbocycles. The molecule has 6 heteroatoms. The lowest BCUT2D eigenvalue weighted by atomic mass is 10.7. The quantitative estimate of drug-likeness (QED) is 0.548. The number of nitrogens with zero attached hydrogens (tertiary/aromatic N) is 4.